The maximum Gasteiger partial charge on any atom is 0.0335 e. The number of nitrogens with two attached hydrogens (primary N) is 1. The van der Waals surface area contributed by atoms with Gasteiger partial charge in [0.15, 0.2) is 0 Å². The Morgan fingerprint density at radius 3 is 2.63 bits per heavy atom. The summed E-state index contributed by atoms with van der Waals surface area (Å²) in [6, 6.07) is 3.23. The van der Waals surface area contributed by atoms with Gasteiger partial charge in [0.05, 0.1) is 0 Å². The summed E-state index contributed by atoms with van der Waals surface area (Å²) >= 11 is 0. The first-order valence-corrected chi connectivity index (χ1v) is 7.85. The molecule has 1 heterocycles. The molecule has 1 saturated carbocycles. The molecule has 0 radical (unpaired) electrons. The number of hydrogen-bond donors (Lipinski definition) is 1. The molecule has 2 aliphatic carbocycles. The Morgan fingerprint density at radius 2 is 2.05 bits per heavy atom. The van der Waals surface area contributed by atoms with Crippen molar-refractivity contribution in [3.8, 4) is 0 Å². The smallest absolute Gasteiger partial charge is 0.0335 e. The van der Waals surface area contributed by atoms with Gasteiger partial charge in [-0.1, -0.05) is 20.3 Å². The zero-order valence-corrected chi connectivity index (χ0v) is 12.9. The molecule has 1 aromatic heterocycles. The lowest BCUT2D eigenvalue weighted by molar-refractivity contribution is 0.208. The lowest BCUT2D eigenvalue weighted by Gasteiger charge is -2.38. The molecule has 1 fully saturated rings. The molecule has 0 bridgehead atoms. The van der Waals surface area contributed by atoms with Crippen LogP contribution in [-0.4, -0.2) is 4.57 Å². The van der Waals surface area contributed by atoms with Crippen LogP contribution in [0.3, 0.4) is 0 Å². The van der Waals surface area contributed by atoms with Gasteiger partial charge in [-0.15, -0.1) is 0 Å². The topological polar surface area (TPSA) is 30.9 Å². The van der Waals surface area contributed by atoms with Gasteiger partial charge < -0.3 is 10.3 Å². The molecule has 2 heteroatoms. The molecular formula is C17H28N2. The van der Waals surface area contributed by atoms with Crippen LogP contribution in [0.5, 0.6) is 0 Å². The summed E-state index contributed by atoms with van der Waals surface area (Å²) in [6.07, 6.45) is 6.52. The number of hydrogen-bond acceptors (Lipinski definition) is 1. The van der Waals surface area contributed by atoms with Crippen molar-refractivity contribution in [1.29, 1.82) is 0 Å². The molecule has 3 rings (SSSR count). The van der Waals surface area contributed by atoms with Crippen LogP contribution in [0.1, 0.15) is 75.5 Å². The van der Waals surface area contributed by atoms with Crippen LogP contribution >= 0.6 is 0 Å². The fourth-order valence-electron chi connectivity index (χ4n) is 4.17. The second-order valence-corrected chi connectivity index (χ2v) is 7.64. The molecule has 19 heavy (non-hydrogen) atoms. The highest BCUT2D eigenvalue weighted by molar-refractivity contribution is 5.34. The fourth-order valence-corrected chi connectivity index (χ4v) is 4.17. The van der Waals surface area contributed by atoms with Crippen molar-refractivity contribution in [3.63, 3.8) is 0 Å². The van der Waals surface area contributed by atoms with Crippen LogP contribution in [-0.2, 0) is 6.42 Å². The van der Waals surface area contributed by atoms with Gasteiger partial charge in [0.25, 0.3) is 0 Å². The van der Waals surface area contributed by atoms with Crippen LogP contribution in [0, 0.1) is 18.3 Å². The molecule has 0 spiro atoms. The van der Waals surface area contributed by atoms with Crippen molar-refractivity contribution in [2.24, 2.45) is 17.1 Å². The van der Waals surface area contributed by atoms with E-state index in [4.69, 9.17) is 5.73 Å². The van der Waals surface area contributed by atoms with Crippen molar-refractivity contribution < 1.29 is 0 Å². The van der Waals surface area contributed by atoms with E-state index in [0.29, 0.717) is 11.5 Å². The molecule has 2 atom stereocenters. The van der Waals surface area contributed by atoms with Gasteiger partial charge >= 0.3 is 0 Å². The van der Waals surface area contributed by atoms with E-state index < -0.39 is 0 Å². The predicted molar refractivity (Wildman–Crippen MR) is 80.3 cm³/mol. The van der Waals surface area contributed by atoms with Gasteiger partial charge in [0, 0.05) is 23.5 Å². The first-order chi connectivity index (χ1) is 8.89. The minimum atomic E-state index is 0.229. The Morgan fingerprint density at radius 1 is 1.37 bits per heavy atom. The van der Waals surface area contributed by atoms with E-state index in [2.05, 4.69) is 38.3 Å². The number of nitrogens with zero attached hydrogens (tertiary/aromatic N) is 1. The standard InChI is InChI=1S/C17H28N2/c1-11-8-14-15(18)9-17(3,4)10-16(14)19(11)12(2)13-6-5-7-13/h8,12-13,15H,5-7,9-10,18H2,1-4H3. The summed E-state index contributed by atoms with van der Waals surface area (Å²) in [5, 5.41) is 0. The lowest BCUT2D eigenvalue weighted by atomic mass is 9.74. The molecule has 0 aliphatic heterocycles. The summed E-state index contributed by atoms with van der Waals surface area (Å²) in [5.41, 5.74) is 11.1. The zero-order valence-electron chi connectivity index (χ0n) is 12.9. The highest BCUT2D eigenvalue weighted by atomic mass is 15.0. The summed E-state index contributed by atoms with van der Waals surface area (Å²) in [6.45, 7) is 9.38. The number of aryl methyl sites for hydroxylation is 1. The molecule has 2 nitrogen and oxygen atoms in total. The Labute approximate surface area is 117 Å². The van der Waals surface area contributed by atoms with E-state index >= 15 is 0 Å². The minimum Gasteiger partial charge on any atom is -0.346 e. The molecular weight excluding hydrogens is 232 g/mol. The Hall–Kier alpha value is -0.760. The van der Waals surface area contributed by atoms with Crippen molar-refractivity contribution in [2.75, 3.05) is 0 Å². The van der Waals surface area contributed by atoms with Crippen LogP contribution in [0.15, 0.2) is 6.07 Å². The molecule has 2 N–H and O–H groups in total. The van der Waals surface area contributed by atoms with E-state index in [0.717, 1.165) is 12.3 Å². The first kappa shape index (κ1) is 13.2. The monoisotopic (exact) mass is 260 g/mol. The number of aromatic nitrogens is 1. The minimum absolute atomic E-state index is 0.229. The average molecular weight is 260 g/mol. The second kappa shape index (κ2) is 4.37. The maximum absolute atomic E-state index is 6.41. The SMILES string of the molecule is Cc1cc2c(n1C(C)C1CCC1)CC(C)(C)CC2N. The summed E-state index contributed by atoms with van der Waals surface area (Å²) < 4.78 is 2.61. The molecule has 106 valence electrons. The number of rotatable bonds is 2. The highest BCUT2D eigenvalue weighted by Crippen LogP contribution is 2.44. The third-order valence-corrected chi connectivity index (χ3v) is 5.43. The zero-order chi connectivity index (χ0) is 13.8. The molecule has 1 aromatic rings. The van der Waals surface area contributed by atoms with Crippen molar-refractivity contribution in [3.05, 3.63) is 23.0 Å². The molecule has 2 aliphatic rings. The van der Waals surface area contributed by atoms with Gasteiger partial charge in [-0.05, 0) is 62.5 Å². The summed E-state index contributed by atoms with van der Waals surface area (Å²) in [5.74, 6) is 0.886. The van der Waals surface area contributed by atoms with E-state index in [1.165, 1.54) is 42.6 Å². The first-order valence-electron chi connectivity index (χ1n) is 7.85. The average Bonchev–Trinajstić information content (AvgIpc) is 2.50. The van der Waals surface area contributed by atoms with Crippen molar-refractivity contribution >= 4 is 0 Å². The van der Waals surface area contributed by atoms with Gasteiger partial charge in [-0.25, -0.2) is 0 Å². The van der Waals surface area contributed by atoms with Gasteiger partial charge in [-0.2, -0.15) is 0 Å². The Balaban J connectivity index is 2.01. The summed E-state index contributed by atoms with van der Waals surface area (Å²) in [4.78, 5) is 0. The Kier molecular flexibility index (Phi) is 3.05. The number of fused-ring (bicyclic) bond motifs is 1. The van der Waals surface area contributed by atoms with Gasteiger partial charge in [0.2, 0.25) is 0 Å². The normalized spacial score (nSPS) is 27.7. The second-order valence-electron chi connectivity index (χ2n) is 7.64. The quantitative estimate of drug-likeness (QED) is 0.851. The van der Waals surface area contributed by atoms with E-state index in [1.54, 1.807) is 0 Å². The molecule has 0 amide bonds. The van der Waals surface area contributed by atoms with Crippen LogP contribution in [0.2, 0.25) is 0 Å². The molecule has 0 aromatic carbocycles. The van der Waals surface area contributed by atoms with Crippen LogP contribution in [0.25, 0.3) is 0 Å². The third kappa shape index (κ3) is 2.14. The third-order valence-electron chi connectivity index (χ3n) is 5.43. The summed E-state index contributed by atoms with van der Waals surface area (Å²) in [7, 11) is 0. The predicted octanol–water partition coefficient (Wildman–Crippen LogP) is 4.13. The van der Waals surface area contributed by atoms with Crippen LogP contribution in [0.4, 0.5) is 0 Å². The van der Waals surface area contributed by atoms with E-state index in [-0.39, 0.29) is 6.04 Å². The van der Waals surface area contributed by atoms with Crippen molar-refractivity contribution in [2.45, 2.75) is 71.9 Å². The van der Waals surface area contributed by atoms with E-state index in [1.807, 2.05) is 0 Å². The Bertz CT molecular complexity index is 480. The van der Waals surface area contributed by atoms with Crippen LogP contribution < -0.4 is 5.73 Å². The van der Waals surface area contributed by atoms with Gasteiger partial charge in [0.1, 0.15) is 0 Å². The van der Waals surface area contributed by atoms with E-state index in [9.17, 15) is 0 Å². The van der Waals surface area contributed by atoms with Gasteiger partial charge in [-0.3, -0.25) is 0 Å². The molecule has 2 unspecified atom stereocenters. The maximum atomic E-state index is 6.41. The highest BCUT2D eigenvalue weighted by Gasteiger charge is 2.35. The molecule has 0 saturated heterocycles. The fraction of sp³-hybridized carbons (Fsp3) is 0.765. The lowest BCUT2D eigenvalue weighted by Crippen LogP contribution is -2.32. The largest absolute Gasteiger partial charge is 0.346 e. The van der Waals surface area contributed by atoms with Crippen molar-refractivity contribution in [1.82, 2.24) is 4.57 Å².